The van der Waals surface area contributed by atoms with Crippen LogP contribution in [0.2, 0.25) is 0 Å². The zero-order chi connectivity index (χ0) is 15.5. The quantitative estimate of drug-likeness (QED) is 0.489. The SMILES string of the molecule is CSc1occ(C)c1C(=O)c1ccc(-c2ccccc2)cc1. The predicted molar refractivity (Wildman–Crippen MR) is 90.5 cm³/mol. The van der Waals surface area contributed by atoms with E-state index >= 15 is 0 Å². The number of benzene rings is 2. The fraction of sp³-hybridized carbons (Fsp3) is 0.105. The molecule has 1 heterocycles. The number of thioether (sulfide) groups is 1. The molecule has 2 aromatic carbocycles. The summed E-state index contributed by atoms with van der Waals surface area (Å²) in [5.74, 6) is 0.00946. The van der Waals surface area contributed by atoms with Gasteiger partial charge in [0.2, 0.25) is 0 Å². The van der Waals surface area contributed by atoms with Crippen LogP contribution in [0.1, 0.15) is 21.5 Å². The molecule has 0 aliphatic carbocycles. The molecule has 3 heteroatoms. The van der Waals surface area contributed by atoms with Crippen LogP contribution in [0.4, 0.5) is 0 Å². The fourth-order valence-corrected chi connectivity index (χ4v) is 3.03. The van der Waals surface area contributed by atoms with E-state index in [1.165, 1.54) is 11.8 Å². The standard InChI is InChI=1S/C19H16O2S/c1-13-12-21-19(22-2)17(13)18(20)16-10-8-15(9-11-16)14-6-4-3-5-7-14/h3-12H,1-2H3. The summed E-state index contributed by atoms with van der Waals surface area (Å²) < 4.78 is 5.42. The second-order valence-electron chi connectivity index (χ2n) is 5.06. The Bertz CT molecular complexity index is 786. The van der Waals surface area contributed by atoms with Crippen molar-refractivity contribution in [1.29, 1.82) is 0 Å². The van der Waals surface area contributed by atoms with Gasteiger partial charge in [0.25, 0.3) is 0 Å². The number of carbonyl (C=O) groups is 1. The fourth-order valence-electron chi connectivity index (χ4n) is 2.43. The van der Waals surface area contributed by atoms with E-state index in [0.29, 0.717) is 16.2 Å². The first-order valence-corrected chi connectivity index (χ1v) is 8.25. The second kappa shape index (κ2) is 6.24. The minimum atomic E-state index is 0.00946. The molecule has 110 valence electrons. The van der Waals surface area contributed by atoms with E-state index in [1.807, 2.05) is 55.6 Å². The molecule has 0 bridgehead atoms. The molecule has 0 saturated carbocycles. The van der Waals surface area contributed by atoms with E-state index in [-0.39, 0.29) is 5.78 Å². The lowest BCUT2D eigenvalue weighted by molar-refractivity contribution is 0.103. The van der Waals surface area contributed by atoms with Crippen LogP contribution in [-0.4, -0.2) is 12.0 Å². The summed E-state index contributed by atoms with van der Waals surface area (Å²) in [6, 6.07) is 17.8. The Morgan fingerprint density at radius 2 is 1.59 bits per heavy atom. The van der Waals surface area contributed by atoms with Crippen molar-refractivity contribution in [2.45, 2.75) is 12.0 Å². The van der Waals surface area contributed by atoms with Gasteiger partial charge < -0.3 is 4.42 Å². The third-order valence-electron chi connectivity index (χ3n) is 3.61. The van der Waals surface area contributed by atoms with Crippen molar-refractivity contribution in [2.24, 2.45) is 0 Å². The minimum absolute atomic E-state index is 0.00946. The first kappa shape index (κ1) is 14.7. The van der Waals surface area contributed by atoms with Gasteiger partial charge in [-0.3, -0.25) is 4.79 Å². The molecule has 0 aliphatic rings. The maximum atomic E-state index is 12.7. The maximum absolute atomic E-state index is 12.7. The summed E-state index contributed by atoms with van der Waals surface area (Å²) in [4.78, 5) is 12.7. The highest BCUT2D eigenvalue weighted by molar-refractivity contribution is 7.98. The first-order chi connectivity index (χ1) is 10.7. The van der Waals surface area contributed by atoms with Crippen molar-refractivity contribution in [2.75, 3.05) is 6.26 Å². The summed E-state index contributed by atoms with van der Waals surface area (Å²) in [5.41, 5.74) is 4.47. The molecule has 3 aromatic rings. The molecule has 0 radical (unpaired) electrons. The molecule has 0 amide bonds. The molecule has 22 heavy (non-hydrogen) atoms. The summed E-state index contributed by atoms with van der Waals surface area (Å²) >= 11 is 1.45. The number of ketones is 1. The average Bonchev–Trinajstić information content (AvgIpc) is 2.96. The largest absolute Gasteiger partial charge is 0.457 e. The van der Waals surface area contributed by atoms with Crippen LogP contribution in [0.25, 0.3) is 11.1 Å². The van der Waals surface area contributed by atoms with E-state index in [1.54, 1.807) is 6.26 Å². The van der Waals surface area contributed by atoms with Gasteiger partial charge in [0.05, 0.1) is 11.8 Å². The molecule has 0 N–H and O–H groups in total. The van der Waals surface area contributed by atoms with Crippen LogP contribution in [0, 0.1) is 6.92 Å². The Labute approximate surface area is 134 Å². The van der Waals surface area contributed by atoms with Gasteiger partial charge in [-0.05, 0) is 29.9 Å². The van der Waals surface area contributed by atoms with Gasteiger partial charge in [-0.1, -0.05) is 66.4 Å². The Hall–Kier alpha value is -2.26. The van der Waals surface area contributed by atoms with Crippen molar-refractivity contribution in [3.63, 3.8) is 0 Å². The Morgan fingerprint density at radius 3 is 2.23 bits per heavy atom. The van der Waals surface area contributed by atoms with E-state index in [4.69, 9.17) is 4.42 Å². The van der Waals surface area contributed by atoms with E-state index in [9.17, 15) is 4.79 Å². The van der Waals surface area contributed by atoms with Crippen molar-refractivity contribution in [3.05, 3.63) is 77.6 Å². The van der Waals surface area contributed by atoms with Crippen LogP contribution in [-0.2, 0) is 0 Å². The lowest BCUT2D eigenvalue weighted by atomic mass is 9.99. The molecular weight excluding hydrogens is 292 g/mol. The molecule has 3 rings (SSSR count). The summed E-state index contributed by atoms with van der Waals surface area (Å²) in [5, 5.41) is 0.676. The molecule has 0 spiro atoms. The van der Waals surface area contributed by atoms with E-state index in [2.05, 4.69) is 12.1 Å². The highest BCUT2D eigenvalue weighted by Crippen LogP contribution is 2.28. The average molecular weight is 308 g/mol. The zero-order valence-electron chi connectivity index (χ0n) is 12.5. The highest BCUT2D eigenvalue weighted by Gasteiger charge is 2.19. The molecule has 0 atom stereocenters. The first-order valence-electron chi connectivity index (χ1n) is 7.03. The normalized spacial score (nSPS) is 10.6. The predicted octanol–water partition coefficient (Wildman–Crippen LogP) is 5.21. The summed E-state index contributed by atoms with van der Waals surface area (Å²) in [6.07, 6.45) is 3.55. The zero-order valence-corrected chi connectivity index (χ0v) is 13.3. The summed E-state index contributed by atoms with van der Waals surface area (Å²) in [7, 11) is 0. The molecule has 1 aromatic heterocycles. The number of furan rings is 1. The number of aryl methyl sites for hydroxylation is 1. The van der Waals surface area contributed by atoms with Crippen LogP contribution in [0.3, 0.4) is 0 Å². The van der Waals surface area contributed by atoms with E-state index in [0.717, 1.165) is 16.7 Å². The van der Waals surface area contributed by atoms with Crippen molar-refractivity contribution >= 4 is 17.5 Å². The van der Waals surface area contributed by atoms with Gasteiger partial charge in [0.1, 0.15) is 0 Å². The molecular formula is C19H16O2S. The van der Waals surface area contributed by atoms with Gasteiger partial charge in [-0.2, -0.15) is 0 Å². The lowest BCUT2D eigenvalue weighted by Gasteiger charge is -2.05. The van der Waals surface area contributed by atoms with Gasteiger partial charge in [0.15, 0.2) is 10.9 Å². The van der Waals surface area contributed by atoms with Crippen LogP contribution < -0.4 is 0 Å². The van der Waals surface area contributed by atoms with Gasteiger partial charge in [0, 0.05) is 5.56 Å². The third-order valence-corrected chi connectivity index (χ3v) is 4.28. The molecule has 0 aliphatic heterocycles. The number of rotatable bonds is 4. The monoisotopic (exact) mass is 308 g/mol. The molecule has 0 fully saturated rings. The third kappa shape index (κ3) is 2.72. The lowest BCUT2D eigenvalue weighted by Crippen LogP contribution is -2.02. The second-order valence-corrected chi connectivity index (χ2v) is 5.84. The van der Waals surface area contributed by atoms with E-state index < -0.39 is 0 Å². The van der Waals surface area contributed by atoms with Crippen LogP contribution in [0.5, 0.6) is 0 Å². The van der Waals surface area contributed by atoms with Crippen molar-refractivity contribution in [1.82, 2.24) is 0 Å². The Kier molecular flexibility index (Phi) is 4.16. The van der Waals surface area contributed by atoms with Crippen molar-refractivity contribution in [3.8, 4) is 11.1 Å². The van der Waals surface area contributed by atoms with Gasteiger partial charge in [-0.15, -0.1) is 0 Å². The molecule has 0 saturated heterocycles. The summed E-state index contributed by atoms with van der Waals surface area (Å²) in [6.45, 7) is 1.90. The molecule has 2 nitrogen and oxygen atoms in total. The maximum Gasteiger partial charge on any atom is 0.197 e. The Morgan fingerprint density at radius 1 is 0.955 bits per heavy atom. The highest BCUT2D eigenvalue weighted by atomic mass is 32.2. The molecule has 0 unspecified atom stereocenters. The number of hydrogen-bond acceptors (Lipinski definition) is 3. The Balaban J connectivity index is 1.93. The van der Waals surface area contributed by atoms with Gasteiger partial charge >= 0.3 is 0 Å². The number of carbonyl (C=O) groups excluding carboxylic acids is 1. The van der Waals surface area contributed by atoms with Crippen LogP contribution >= 0.6 is 11.8 Å². The van der Waals surface area contributed by atoms with Crippen molar-refractivity contribution < 1.29 is 9.21 Å². The number of hydrogen-bond donors (Lipinski definition) is 0. The smallest absolute Gasteiger partial charge is 0.197 e. The topological polar surface area (TPSA) is 30.2 Å². The minimum Gasteiger partial charge on any atom is -0.457 e. The van der Waals surface area contributed by atoms with Gasteiger partial charge in [-0.25, -0.2) is 0 Å². The van der Waals surface area contributed by atoms with Crippen LogP contribution in [0.15, 0.2) is 70.4 Å².